The van der Waals surface area contributed by atoms with Gasteiger partial charge >= 0.3 is 0 Å². The molecule has 0 unspecified atom stereocenters. The lowest BCUT2D eigenvalue weighted by atomic mass is 10.1. The summed E-state index contributed by atoms with van der Waals surface area (Å²) in [4.78, 5) is 22.0. The number of amides is 1. The number of carbonyl (C=O) groups excluding carboxylic acids is 1. The molecule has 1 amide bonds. The minimum absolute atomic E-state index is 0.233. The molecule has 0 radical (unpaired) electrons. The van der Waals surface area contributed by atoms with E-state index in [1.807, 2.05) is 0 Å². The standard InChI is InChI=1S/C14H16N4O2/c15-14(20)11-2-1-9-7-16-8-12(13(9)17-11)18-5-3-10(19)4-6-18/h1-2,7-8,10,19H,3-6H2,(H2,15,20). The summed E-state index contributed by atoms with van der Waals surface area (Å²) in [5.41, 5.74) is 7.16. The largest absolute Gasteiger partial charge is 0.393 e. The van der Waals surface area contributed by atoms with Gasteiger partial charge in [0, 0.05) is 24.7 Å². The highest BCUT2D eigenvalue weighted by atomic mass is 16.3. The number of nitrogens with two attached hydrogens (primary N) is 1. The van der Waals surface area contributed by atoms with E-state index in [2.05, 4.69) is 14.9 Å². The smallest absolute Gasteiger partial charge is 0.267 e. The molecule has 1 saturated heterocycles. The molecule has 6 heteroatoms. The van der Waals surface area contributed by atoms with Crippen LogP contribution < -0.4 is 10.6 Å². The van der Waals surface area contributed by atoms with Gasteiger partial charge in [0.15, 0.2) is 0 Å². The van der Waals surface area contributed by atoms with Crippen molar-refractivity contribution in [3.05, 3.63) is 30.2 Å². The van der Waals surface area contributed by atoms with Gasteiger partial charge in [-0.1, -0.05) is 0 Å². The van der Waals surface area contributed by atoms with E-state index in [4.69, 9.17) is 5.73 Å². The number of nitrogens with zero attached hydrogens (tertiary/aromatic N) is 3. The highest BCUT2D eigenvalue weighted by Crippen LogP contribution is 2.26. The highest BCUT2D eigenvalue weighted by molar-refractivity contribution is 5.96. The first kappa shape index (κ1) is 12.8. The predicted molar refractivity (Wildman–Crippen MR) is 75.5 cm³/mol. The fourth-order valence-electron chi connectivity index (χ4n) is 2.50. The number of anilines is 1. The zero-order chi connectivity index (χ0) is 14.1. The first-order valence-corrected chi connectivity index (χ1v) is 6.63. The van der Waals surface area contributed by atoms with Gasteiger partial charge in [0.1, 0.15) is 5.69 Å². The number of piperidine rings is 1. The zero-order valence-corrected chi connectivity index (χ0v) is 11.0. The van der Waals surface area contributed by atoms with Crippen molar-refractivity contribution in [3.63, 3.8) is 0 Å². The Morgan fingerprint density at radius 3 is 2.75 bits per heavy atom. The second-order valence-electron chi connectivity index (χ2n) is 5.01. The lowest BCUT2D eigenvalue weighted by molar-refractivity contribution is 0.0996. The van der Waals surface area contributed by atoms with Crippen LogP contribution in [0.15, 0.2) is 24.5 Å². The number of pyridine rings is 2. The van der Waals surface area contributed by atoms with Crippen molar-refractivity contribution >= 4 is 22.5 Å². The molecular weight excluding hydrogens is 256 g/mol. The van der Waals surface area contributed by atoms with E-state index in [0.29, 0.717) is 0 Å². The maximum absolute atomic E-state index is 11.3. The van der Waals surface area contributed by atoms with Crippen LogP contribution in [-0.2, 0) is 0 Å². The molecule has 0 spiro atoms. The summed E-state index contributed by atoms with van der Waals surface area (Å²) < 4.78 is 0. The average molecular weight is 272 g/mol. The predicted octanol–water partition coefficient (Wildman–Crippen LogP) is 0.690. The van der Waals surface area contributed by atoms with E-state index in [0.717, 1.165) is 42.5 Å². The van der Waals surface area contributed by atoms with Crippen LogP contribution in [0.2, 0.25) is 0 Å². The van der Waals surface area contributed by atoms with Crippen LogP contribution in [0.5, 0.6) is 0 Å². The number of hydrogen-bond acceptors (Lipinski definition) is 5. The van der Waals surface area contributed by atoms with Gasteiger partial charge in [0.2, 0.25) is 0 Å². The molecule has 1 aliphatic rings. The van der Waals surface area contributed by atoms with Gasteiger partial charge in [-0.2, -0.15) is 0 Å². The molecule has 3 N–H and O–H groups in total. The SMILES string of the molecule is NC(=O)c1ccc2cncc(N3CCC(O)CC3)c2n1. The summed E-state index contributed by atoms with van der Waals surface area (Å²) in [6.45, 7) is 1.51. The fourth-order valence-corrected chi connectivity index (χ4v) is 2.50. The number of rotatable bonds is 2. The van der Waals surface area contributed by atoms with E-state index >= 15 is 0 Å². The van der Waals surface area contributed by atoms with E-state index in [9.17, 15) is 9.90 Å². The molecule has 0 atom stereocenters. The van der Waals surface area contributed by atoms with Gasteiger partial charge in [0.25, 0.3) is 5.91 Å². The summed E-state index contributed by atoms with van der Waals surface area (Å²) in [6, 6.07) is 3.41. The van der Waals surface area contributed by atoms with E-state index in [-0.39, 0.29) is 11.8 Å². The van der Waals surface area contributed by atoms with Crippen LogP contribution in [-0.4, -0.2) is 40.2 Å². The Balaban J connectivity index is 2.05. The van der Waals surface area contributed by atoms with Crippen LogP contribution in [0.1, 0.15) is 23.3 Å². The molecule has 104 valence electrons. The Labute approximate surface area is 116 Å². The molecule has 2 aromatic rings. The van der Waals surface area contributed by atoms with Crippen molar-refractivity contribution in [1.29, 1.82) is 0 Å². The van der Waals surface area contributed by atoms with Crippen LogP contribution in [0.3, 0.4) is 0 Å². The van der Waals surface area contributed by atoms with Gasteiger partial charge in [-0.25, -0.2) is 4.98 Å². The molecule has 0 aromatic carbocycles. The lowest BCUT2D eigenvalue weighted by Gasteiger charge is -2.31. The molecule has 3 heterocycles. The Bertz CT molecular complexity index is 651. The Kier molecular flexibility index (Phi) is 3.23. The lowest BCUT2D eigenvalue weighted by Crippen LogP contribution is -2.36. The van der Waals surface area contributed by atoms with Crippen LogP contribution in [0.25, 0.3) is 10.9 Å². The average Bonchev–Trinajstić information content (AvgIpc) is 2.47. The Morgan fingerprint density at radius 2 is 2.05 bits per heavy atom. The van der Waals surface area contributed by atoms with Gasteiger partial charge in [-0.3, -0.25) is 9.78 Å². The number of hydrogen-bond donors (Lipinski definition) is 2. The van der Waals surface area contributed by atoms with Crippen molar-refractivity contribution in [2.75, 3.05) is 18.0 Å². The quantitative estimate of drug-likeness (QED) is 0.839. The molecule has 3 rings (SSSR count). The minimum atomic E-state index is -0.538. The Morgan fingerprint density at radius 1 is 1.30 bits per heavy atom. The van der Waals surface area contributed by atoms with Crippen molar-refractivity contribution < 1.29 is 9.90 Å². The van der Waals surface area contributed by atoms with Crippen molar-refractivity contribution in [2.24, 2.45) is 5.73 Å². The Hall–Kier alpha value is -2.21. The second-order valence-corrected chi connectivity index (χ2v) is 5.01. The monoisotopic (exact) mass is 272 g/mol. The summed E-state index contributed by atoms with van der Waals surface area (Å²) in [5, 5.41) is 10.5. The third kappa shape index (κ3) is 2.30. The van der Waals surface area contributed by atoms with E-state index < -0.39 is 5.91 Å². The third-order valence-corrected chi connectivity index (χ3v) is 3.64. The minimum Gasteiger partial charge on any atom is -0.393 e. The summed E-state index contributed by atoms with van der Waals surface area (Å²) in [5.74, 6) is -0.538. The molecule has 20 heavy (non-hydrogen) atoms. The first-order chi connectivity index (χ1) is 9.65. The normalized spacial score (nSPS) is 16.6. The maximum atomic E-state index is 11.3. The van der Waals surface area contributed by atoms with Crippen molar-refractivity contribution in [2.45, 2.75) is 18.9 Å². The number of aliphatic hydroxyl groups excluding tert-OH is 1. The molecule has 1 fully saturated rings. The van der Waals surface area contributed by atoms with E-state index in [1.165, 1.54) is 0 Å². The summed E-state index contributed by atoms with van der Waals surface area (Å²) >= 11 is 0. The van der Waals surface area contributed by atoms with Crippen molar-refractivity contribution in [3.8, 4) is 0 Å². The van der Waals surface area contributed by atoms with Gasteiger partial charge in [-0.05, 0) is 25.0 Å². The first-order valence-electron chi connectivity index (χ1n) is 6.63. The summed E-state index contributed by atoms with van der Waals surface area (Å²) in [6.07, 6.45) is 4.69. The summed E-state index contributed by atoms with van der Waals surface area (Å²) in [7, 11) is 0. The van der Waals surface area contributed by atoms with Gasteiger partial charge in [-0.15, -0.1) is 0 Å². The molecule has 0 bridgehead atoms. The molecule has 2 aromatic heterocycles. The molecule has 6 nitrogen and oxygen atoms in total. The highest BCUT2D eigenvalue weighted by Gasteiger charge is 2.20. The molecule has 0 aliphatic carbocycles. The van der Waals surface area contributed by atoms with Crippen LogP contribution in [0, 0.1) is 0 Å². The number of carbonyl (C=O) groups is 1. The van der Waals surface area contributed by atoms with E-state index in [1.54, 1.807) is 24.5 Å². The number of primary amides is 1. The molecule has 1 aliphatic heterocycles. The maximum Gasteiger partial charge on any atom is 0.267 e. The fraction of sp³-hybridized carbons (Fsp3) is 0.357. The molecule has 0 saturated carbocycles. The second kappa shape index (κ2) is 5.05. The van der Waals surface area contributed by atoms with Gasteiger partial charge in [0.05, 0.1) is 23.5 Å². The topological polar surface area (TPSA) is 92.3 Å². The van der Waals surface area contributed by atoms with Gasteiger partial charge < -0.3 is 15.7 Å². The van der Waals surface area contributed by atoms with Crippen molar-refractivity contribution in [1.82, 2.24) is 9.97 Å². The van der Waals surface area contributed by atoms with Crippen LogP contribution >= 0.6 is 0 Å². The number of aromatic nitrogens is 2. The third-order valence-electron chi connectivity index (χ3n) is 3.64. The van der Waals surface area contributed by atoms with Crippen LogP contribution in [0.4, 0.5) is 5.69 Å². The molecular formula is C14H16N4O2. The zero-order valence-electron chi connectivity index (χ0n) is 11.0. The number of fused-ring (bicyclic) bond motifs is 1. The number of aliphatic hydroxyl groups is 1.